The van der Waals surface area contributed by atoms with E-state index < -0.39 is 18.6 Å². The largest absolute Gasteiger partial charge is 0.467 e. The molecule has 0 spiro atoms. The predicted molar refractivity (Wildman–Crippen MR) is 28.2 cm³/mol. The Kier molecular flexibility index (Phi) is 1.48. The van der Waals surface area contributed by atoms with Gasteiger partial charge in [0.1, 0.15) is 5.31 Å². The Bertz CT molecular complexity index is 140. The maximum atomic E-state index is 11.8. The summed E-state index contributed by atoms with van der Waals surface area (Å²) in [5.74, 6) is 0. The first-order valence-corrected chi connectivity index (χ1v) is 2.83. The van der Waals surface area contributed by atoms with E-state index >= 15 is 0 Å². The van der Waals surface area contributed by atoms with Crippen LogP contribution in [-0.4, -0.2) is 23.3 Å². The lowest BCUT2D eigenvalue weighted by molar-refractivity contribution is -0.147. The predicted octanol–water partition coefficient (Wildman–Crippen LogP) is 0.556. The fourth-order valence-corrected chi connectivity index (χ4v) is 0.823. The van der Waals surface area contributed by atoms with Crippen molar-refractivity contribution in [2.75, 3.05) is 0 Å². The van der Waals surface area contributed by atoms with E-state index in [1.54, 1.807) is 0 Å². The maximum Gasteiger partial charge on any atom is 0.467 e. The molecule has 0 bridgehead atoms. The minimum Gasteiger partial charge on any atom is -0.426 e. The van der Waals surface area contributed by atoms with Crippen LogP contribution in [0.1, 0.15) is 12.8 Å². The molecule has 1 aliphatic carbocycles. The molecular formula is C4H6BF3O2. The van der Waals surface area contributed by atoms with E-state index in [0.29, 0.717) is 0 Å². The van der Waals surface area contributed by atoms with Crippen LogP contribution < -0.4 is 0 Å². The van der Waals surface area contributed by atoms with E-state index in [1.807, 2.05) is 0 Å². The Morgan fingerprint density at radius 3 is 1.60 bits per heavy atom. The Labute approximate surface area is 55.8 Å². The van der Waals surface area contributed by atoms with Gasteiger partial charge in [0.15, 0.2) is 0 Å². The van der Waals surface area contributed by atoms with Crippen molar-refractivity contribution >= 4 is 7.12 Å². The van der Waals surface area contributed by atoms with E-state index in [4.69, 9.17) is 10.0 Å². The first kappa shape index (κ1) is 7.88. The van der Waals surface area contributed by atoms with Crippen molar-refractivity contribution < 1.29 is 23.2 Å². The third-order valence-corrected chi connectivity index (χ3v) is 1.85. The van der Waals surface area contributed by atoms with Crippen LogP contribution in [0.2, 0.25) is 5.31 Å². The summed E-state index contributed by atoms with van der Waals surface area (Å²) < 4.78 is 35.5. The Hall–Kier alpha value is -0.225. The number of alkyl halides is 3. The van der Waals surface area contributed by atoms with Crippen LogP contribution in [0.4, 0.5) is 13.2 Å². The lowest BCUT2D eigenvalue weighted by Gasteiger charge is -2.16. The standard InChI is InChI=1S/C4H6BF3O2/c6-4(7,8)3(1-2-3)5(9)10/h9-10H,1-2H2. The van der Waals surface area contributed by atoms with Crippen LogP contribution in [0, 0.1) is 0 Å². The number of rotatable bonds is 1. The van der Waals surface area contributed by atoms with Crippen LogP contribution in [0.25, 0.3) is 0 Å². The third-order valence-electron chi connectivity index (χ3n) is 1.85. The van der Waals surface area contributed by atoms with Gasteiger partial charge < -0.3 is 10.0 Å². The normalized spacial score (nSPS) is 22.5. The van der Waals surface area contributed by atoms with Crippen molar-refractivity contribution in [3.63, 3.8) is 0 Å². The summed E-state index contributed by atoms with van der Waals surface area (Å²) >= 11 is 0. The summed E-state index contributed by atoms with van der Waals surface area (Å²) in [5.41, 5.74) is 0. The molecule has 0 aliphatic heterocycles. The summed E-state index contributed by atoms with van der Waals surface area (Å²) in [7, 11) is -2.26. The molecule has 0 aromatic heterocycles. The molecule has 1 rings (SSSR count). The maximum absolute atomic E-state index is 11.8. The van der Waals surface area contributed by atoms with Crippen LogP contribution in [0.3, 0.4) is 0 Å². The monoisotopic (exact) mass is 154 g/mol. The molecule has 0 amide bonds. The second kappa shape index (κ2) is 1.89. The quantitative estimate of drug-likeness (QED) is 0.541. The molecule has 0 aromatic rings. The first-order valence-electron chi connectivity index (χ1n) is 2.83. The average Bonchev–Trinajstić information content (AvgIpc) is 2.36. The highest BCUT2D eigenvalue weighted by atomic mass is 19.4. The first-order chi connectivity index (χ1) is 4.40. The fourth-order valence-electron chi connectivity index (χ4n) is 0.823. The molecule has 0 heterocycles. The van der Waals surface area contributed by atoms with Crippen LogP contribution >= 0.6 is 0 Å². The number of hydrogen-bond acceptors (Lipinski definition) is 2. The van der Waals surface area contributed by atoms with Crippen LogP contribution in [0.15, 0.2) is 0 Å². The summed E-state index contributed by atoms with van der Waals surface area (Å²) in [6.45, 7) is 0. The molecule has 2 N–H and O–H groups in total. The zero-order valence-corrected chi connectivity index (χ0v) is 5.02. The highest BCUT2D eigenvalue weighted by Gasteiger charge is 2.69. The second-order valence-corrected chi connectivity index (χ2v) is 2.53. The van der Waals surface area contributed by atoms with E-state index in [-0.39, 0.29) is 12.8 Å². The smallest absolute Gasteiger partial charge is 0.426 e. The van der Waals surface area contributed by atoms with Crippen molar-refractivity contribution in [2.45, 2.75) is 24.3 Å². The lowest BCUT2D eigenvalue weighted by Crippen LogP contribution is -2.34. The van der Waals surface area contributed by atoms with Gasteiger partial charge in [0.2, 0.25) is 0 Å². The van der Waals surface area contributed by atoms with Gasteiger partial charge in [-0.3, -0.25) is 0 Å². The van der Waals surface area contributed by atoms with Gasteiger partial charge in [0.05, 0.1) is 0 Å². The molecule has 0 aromatic carbocycles. The van der Waals surface area contributed by atoms with Crippen molar-refractivity contribution in [1.29, 1.82) is 0 Å². The van der Waals surface area contributed by atoms with Gasteiger partial charge in [-0.15, -0.1) is 0 Å². The molecule has 0 saturated heterocycles. The Morgan fingerprint density at radius 1 is 1.20 bits per heavy atom. The van der Waals surface area contributed by atoms with Crippen molar-refractivity contribution in [3.8, 4) is 0 Å². The summed E-state index contributed by atoms with van der Waals surface area (Å²) in [6, 6.07) is 0. The number of halogens is 3. The zero-order chi connectivity index (χ0) is 7.99. The summed E-state index contributed by atoms with van der Waals surface area (Å²) in [4.78, 5) is 0. The molecule has 1 fully saturated rings. The SMILES string of the molecule is OB(O)C1(C(F)(F)F)CC1. The van der Waals surface area contributed by atoms with Gasteiger partial charge in [-0.05, 0) is 12.8 Å². The lowest BCUT2D eigenvalue weighted by atomic mass is 9.68. The minimum absolute atomic E-state index is 0.172. The van der Waals surface area contributed by atoms with Gasteiger partial charge >= 0.3 is 13.3 Å². The fraction of sp³-hybridized carbons (Fsp3) is 1.00. The van der Waals surface area contributed by atoms with E-state index in [9.17, 15) is 13.2 Å². The summed E-state index contributed by atoms with van der Waals surface area (Å²) in [6.07, 6.45) is -4.82. The van der Waals surface area contributed by atoms with Gasteiger partial charge in [-0.2, -0.15) is 13.2 Å². The third kappa shape index (κ3) is 0.913. The van der Waals surface area contributed by atoms with Gasteiger partial charge in [-0.1, -0.05) is 0 Å². The number of hydrogen-bond donors (Lipinski definition) is 2. The molecule has 1 saturated carbocycles. The van der Waals surface area contributed by atoms with E-state index in [1.165, 1.54) is 0 Å². The average molecular weight is 154 g/mol. The molecule has 2 nitrogen and oxygen atoms in total. The van der Waals surface area contributed by atoms with E-state index in [2.05, 4.69) is 0 Å². The van der Waals surface area contributed by atoms with Gasteiger partial charge in [0, 0.05) is 0 Å². The molecule has 58 valence electrons. The molecule has 0 atom stereocenters. The highest BCUT2D eigenvalue weighted by molar-refractivity contribution is 6.47. The summed E-state index contributed by atoms with van der Waals surface area (Å²) in [5, 5.41) is 14.4. The van der Waals surface area contributed by atoms with Crippen molar-refractivity contribution in [3.05, 3.63) is 0 Å². The van der Waals surface area contributed by atoms with Gasteiger partial charge in [-0.25, -0.2) is 0 Å². The zero-order valence-electron chi connectivity index (χ0n) is 5.02. The van der Waals surface area contributed by atoms with Crippen molar-refractivity contribution in [1.82, 2.24) is 0 Å². The molecule has 0 radical (unpaired) electrons. The Morgan fingerprint density at radius 2 is 1.60 bits per heavy atom. The molecule has 0 unspecified atom stereocenters. The van der Waals surface area contributed by atoms with Crippen molar-refractivity contribution in [2.24, 2.45) is 0 Å². The highest BCUT2D eigenvalue weighted by Crippen LogP contribution is 2.65. The van der Waals surface area contributed by atoms with Crippen LogP contribution in [-0.2, 0) is 0 Å². The van der Waals surface area contributed by atoms with Crippen LogP contribution in [0.5, 0.6) is 0 Å². The molecule has 6 heteroatoms. The molecular weight excluding hydrogens is 148 g/mol. The molecule has 10 heavy (non-hydrogen) atoms. The van der Waals surface area contributed by atoms with E-state index in [0.717, 1.165) is 0 Å². The Balaban J connectivity index is 2.70. The minimum atomic E-state index is -4.47. The molecule has 1 aliphatic rings. The topological polar surface area (TPSA) is 40.5 Å². The van der Waals surface area contributed by atoms with Gasteiger partial charge in [0.25, 0.3) is 0 Å². The second-order valence-electron chi connectivity index (χ2n) is 2.53.